The zero-order valence-corrected chi connectivity index (χ0v) is 25.0. The van der Waals surface area contributed by atoms with Crippen LogP contribution in [-0.4, -0.2) is 100 Å². The number of benzene rings is 2. The number of nitrogens with zero attached hydrogens (tertiary/aromatic N) is 3. The predicted molar refractivity (Wildman–Crippen MR) is 165 cm³/mol. The molecule has 12 heteroatoms. The van der Waals surface area contributed by atoms with E-state index >= 15 is 0 Å². The van der Waals surface area contributed by atoms with Gasteiger partial charge in [-0.05, 0) is 50.7 Å². The van der Waals surface area contributed by atoms with Gasteiger partial charge in [0.15, 0.2) is 0 Å². The standard InChI is InChI=1S/C23H31N3S.2C4H4O4/c1-24-16-18-25(19-17-24)14-8-2-3-9-15-26-20-10-4-6-12-22(20)27-23-13-7-5-11-21(23)26;2*5-3(6)1-2-4(7)8/h4-7,10-13H,2-3,8-9,14-19H2,1H3;2*1-2H,(H,5,6)(H,7,8)/b;2*2-1-. The summed E-state index contributed by atoms with van der Waals surface area (Å²) in [5, 5.41) is 31.2. The second-order valence-corrected chi connectivity index (χ2v) is 10.9. The molecule has 2 aliphatic rings. The third-order valence-electron chi connectivity index (χ3n) is 6.47. The van der Waals surface area contributed by atoms with Crippen LogP contribution < -0.4 is 4.90 Å². The maximum atomic E-state index is 9.55. The van der Waals surface area contributed by atoms with Crippen molar-refractivity contribution in [3.8, 4) is 0 Å². The van der Waals surface area contributed by atoms with Crippen molar-refractivity contribution in [2.45, 2.75) is 35.5 Å². The first-order chi connectivity index (χ1) is 20.6. The lowest BCUT2D eigenvalue weighted by Gasteiger charge is -2.33. The second kappa shape index (κ2) is 19.1. The molecule has 0 aliphatic carbocycles. The number of aliphatic carboxylic acids is 4. The maximum Gasteiger partial charge on any atom is 0.328 e. The number of hydrogen-bond acceptors (Lipinski definition) is 8. The van der Waals surface area contributed by atoms with Crippen LogP contribution in [0.4, 0.5) is 11.4 Å². The van der Waals surface area contributed by atoms with Gasteiger partial charge in [-0.2, -0.15) is 0 Å². The molecule has 0 unspecified atom stereocenters. The number of piperazine rings is 1. The van der Waals surface area contributed by atoms with Crippen molar-refractivity contribution >= 4 is 47.0 Å². The van der Waals surface area contributed by atoms with E-state index in [0.29, 0.717) is 24.3 Å². The summed E-state index contributed by atoms with van der Waals surface area (Å²) >= 11 is 1.90. The van der Waals surface area contributed by atoms with Crippen LogP contribution in [0.3, 0.4) is 0 Å². The van der Waals surface area contributed by atoms with Gasteiger partial charge in [-0.3, -0.25) is 0 Å². The Hall–Kier alpha value is -4.13. The Morgan fingerprint density at radius 3 is 1.44 bits per heavy atom. The Balaban J connectivity index is 0.000000334. The van der Waals surface area contributed by atoms with Crippen molar-refractivity contribution in [2.75, 3.05) is 51.2 Å². The molecule has 0 bridgehead atoms. The summed E-state index contributed by atoms with van der Waals surface area (Å²) in [5.74, 6) is -5.03. The number of rotatable bonds is 11. The lowest BCUT2D eigenvalue weighted by atomic mass is 10.1. The second-order valence-electron chi connectivity index (χ2n) is 9.77. The van der Waals surface area contributed by atoms with Gasteiger partial charge in [-0.25, -0.2) is 19.2 Å². The average Bonchev–Trinajstić information content (AvgIpc) is 2.98. The molecule has 2 aromatic carbocycles. The molecule has 0 radical (unpaired) electrons. The Kier molecular flexibility index (Phi) is 15.6. The van der Waals surface area contributed by atoms with Crippen LogP contribution in [0.1, 0.15) is 25.7 Å². The van der Waals surface area contributed by atoms with Gasteiger partial charge in [0.05, 0.1) is 11.4 Å². The van der Waals surface area contributed by atoms with Crippen molar-refractivity contribution in [3.63, 3.8) is 0 Å². The monoisotopic (exact) mass is 613 g/mol. The molecule has 11 nitrogen and oxygen atoms in total. The summed E-state index contributed by atoms with van der Waals surface area (Å²) in [4.78, 5) is 48.6. The van der Waals surface area contributed by atoms with Gasteiger partial charge in [0, 0.05) is 66.8 Å². The summed E-state index contributed by atoms with van der Waals surface area (Å²) in [6.07, 6.45) is 7.50. The Labute approximate surface area is 255 Å². The van der Waals surface area contributed by atoms with E-state index in [1.807, 2.05) is 11.8 Å². The van der Waals surface area contributed by atoms with E-state index in [1.54, 1.807) is 0 Å². The van der Waals surface area contributed by atoms with E-state index in [0.717, 1.165) is 6.54 Å². The van der Waals surface area contributed by atoms with Crippen molar-refractivity contribution in [2.24, 2.45) is 0 Å². The third-order valence-corrected chi connectivity index (χ3v) is 7.60. The highest BCUT2D eigenvalue weighted by molar-refractivity contribution is 7.99. The molecule has 0 aromatic heterocycles. The first-order valence-electron chi connectivity index (χ1n) is 13.9. The first kappa shape index (κ1) is 35.1. The van der Waals surface area contributed by atoms with Crippen LogP contribution in [-0.2, 0) is 19.2 Å². The van der Waals surface area contributed by atoms with Crippen molar-refractivity contribution in [1.29, 1.82) is 0 Å². The number of fused-ring (bicyclic) bond motifs is 2. The number of likely N-dealkylation sites (N-methyl/N-ethyl adjacent to an activating group) is 1. The van der Waals surface area contributed by atoms with Crippen LogP contribution in [0.25, 0.3) is 0 Å². The smallest absolute Gasteiger partial charge is 0.328 e. The molecule has 0 saturated carbocycles. The summed E-state index contributed by atoms with van der Waals surface area (Å²) in [6, 6.07) is 17.7. The summed E-state index contributed by atoms with van der Waals surface area (Å²) in [7, 11) is 2.23. The van der Waals surface area contributed by atoms with Gasteiger partial charge < -0.3 is 35.1 Å². The highest BCUT2D eigenvalue weighted by Gasteiger charge is 2.22. The fourth-order valence-electron chi connectivity index (χ4n) is 4.34. The van der Waals surface area contributed by atoms with E-state index in [9.17, 15) is 19.2 Å². The topological polar surface area (TPSA) is 159 Å². The van der Waals surface area contributed by atoms with Crippen LogP contribution in [0.5, 0.6) is 0 Å². The number of carbonyl (C=O) groups is 4. The number of unbranched alkanes of at least 4 members (excludes halogenated alkanes) is 3. The molecule has 2 aromatic rings. The maximum absolute atomic E-state index is 9.55. The fourth-order valence-corrected chi connectivity index (χ4v) is 5.43. The van der Waals surface area contributed by atoms with E-state index in [4.69, 9.17) is 20.4 Å². The normalized spacial score (nSPS) is 14.6. The first-order valence-corrected chi connectivity index (χ1v) is 14.7. The van der Waals surface area contributed by atoms with Crippen LogP contribution in [0.2, 0.25) is 0 Å². The number of anilines is 2. The summed E-state index contributed by atoms with van der Waals surface area (Å²) in [5.41, 5.74) is 2.75. The lowest BCUT2D eigenvalue weighted by molar-refractivity contribution is -0.134. The molecule has 0 spiro atoms. The van der Waals surface area contributed by atoms with Crippen molar-refractivity contribution < 1.29 is 39.6 Å². The number of para-hydroxylation sites is 2. The Morgan fingerprint density at radius 2 is 1.02 bits per heavy atom. The average molecular weight is 614 g/mol. The number of hydrogen-bond donors (Lipinski definition) is 4. The minimum atomic E-state index is -1.26. The molecule has 0 atom stereocenters. The van der Waals surface area contributed by atoms with E-state index in [1.165, 1.54) is 79.6 Å². The highest BCUT2D eigenvalue weighted by atomic mass is 32.2. The zero-order valence-electron chi connectivity index (χ0n) is 24.2. The lowest BCUT2D eigenvalue weighted by Crippen LogP contribution is -2.44. The molecule has 43 heavy (non-hydrogen) atoms. The number of carboxylic acids is 4. The predicted octanol–water partition coefficient (Wildman–Crippen LogP) is 4.52. The Morgan fingerprint density at radius 1 is 0.628 bits per heavy atom. The van der Waals surface area contributed by atoms with Gasteiger partial charge in [0.1, 0.15) is 0 Å². The van der Waals surface area contributed by atoms with E-state index in [2.05, 4.69) is 70.3 Å². The summed E-state index contributed by atoms with van der Waals surface area (Å²) in [6.45, 7) is 7.34. The molecule has 232 valence electrons. The van der Waals surface area contributed by atoms with Gasteiger partial charge in [-0.1, -0.05) is 48.9 Å². The Bertz CT molecular complexity index is 1160. The van der Waals surface area contributed by atoms with Gasteiger partial charge in [-0.15, -0.1) is 0 Å². The third kappa shape index (κ3) is 14.1. The van der Waals surface area contributed by atoms with Crippen LogP contribution in [0.15, 0.2) is 82.6 Å². The van der Waals surface area contributed by atoms with Crippen LogP contribution in [0, 0.1) is 0 Å². The molecule has 4 rings (SSSR count). The van der Waals surface area contributed by atoms with Gasteiger partial charge >= 0.3 is 23.9 Å². The molecule has 2 aliphatic heterocycles. The SMILES string of the molecule is CN1CCN(CCCCCCN2c3ccccc3Sc3ccccc32)CC1.O=C(O)/C=C\C(=O)O.O=C(O)/C=C\C(=O)O. The fraction of sp³-hybridized carbons (Fsp3) is 0.355. The van der Waals surface area contributed by atoms with Crippen molar-refractivity contribution in [3.05, 3.63) is 72.8 Å². The minimum Gasteiger partial charge on any atom is -0.478 e. The molecule has 0 amide bonds. The molecular formula is C31H39N3O8S. The highest BCUT2D eigenvalue weighted by Crippen LogP contribution is 2.47. The zero-order chi connectivity index (χ0) is 31.6. The number of carboxylic acid groups (broad SMARTS) is 4. The van der Waals surface area contributed by atoms with E-state index in [-0.39, 0.29) is 0 Å². The molecule has 1 fully saturated rings. The van der Waals surface area contributed by atoms with Gasteiger partial charge in [0.2, 0.25) is 0 Å². The van der Waals surface area contributed by atoms with Crippen molar-refractivity contribution in [1.82, 2.24) is 9.80 Å². The van der Waals surface area contributed by atoms with Gasteiger partial charge in [0.25, 0.3) is 0 Å². The quantitative estimate of drug-likeness (QED) is 0.208. The minimum absolute atomic E-state index is 0.558. The molecule has 2 heterocycles. The summed E-state index contributed by atoms with van der Waals surface area (Å²) < 4.78 is 0. The molecular weight excluding hydrogens is 574 g/mol. The molecule has 1 saturated heterocycles. The molecule has 4 N–H and O–H groups in total. The van der Waals surface area contributed by atoms with Crippen LogP contribution >= 0.6 is 11.8 Å². The van der Waals surface area contributed by atoms with E-state index < -0.39 is 23.9 Å². The largest absolute Gasteiger partial charge is 0.478 e.